The lowest BCUT2D eigenvalue weighted by atomic mass is 9.55. The van der Waals surface area contributed by atoms with Gasteiger partial charge in [-0.1, -0.05) is 67.4 Å². The van der Waals surface area contributed by atoms with Gasteiger partial charge in [-0.15, -0.1) is 6.58 Å². The highest BCUT2D eigenvalue weighted by Gasteiger charge is 2.65. The third kappa shape index (κ3) is 8.12. The molecule has 2 aliphatic heterocycles. The van der Waals surface area contributed by atoms with Crippen LogP contribution < -0.4 is 4.74 Å². The number of aromatic hydroxyl groups is 1. The van der Waals surface area contributed by atoms with Gasteiger partial charge in [0.05, 0.1) is 24.8 Å². The number of nitrogens with zero attached hydrogens (tertiary/aromatic N) is 2. The number of aliphatic hydroxyl groups excluding tert-OH is 2. The largest absolute Gasteiger partial charge is 0.508 e. The number of aliphatic hydroxyl groups is 2. The second-order valence-corrected chi connectivity index (χ2v) is 15.8. The molecule has 0 aromatic heterocycles. The number of rotatable bonds is 17. The van der Waals surface area contributed by atoms with E-state index in [9.17, 15) is 15.3 Å². The van der Waals surface area contributed by atoms with Crippen molar-refractivity contribution in [2.24, 2.45) is 22.9 Å². The molecule has 300 valence electrons. The molecule has 1 saturated heterocycles. The molecule has 1 saturated carbocycles. The normalized spacial score (nSPS) is 27.5. The van der Waals surface area contributed by atoms with E-state index < -0.39 is 24.0 Å². The Kier molecular flexibility index (Phi) is 13.1. The number of allylic oxidation sites excluding steroid dienone is 1. The van der Waals surface area contributed by atoms with Gasteiger partial charge in [0.15, 0.2) is 0 Å². The molecule has 1 unspecified atom stereocenters. The van der Waals surface area contributed by atoms with Gasteiger partial charge < -0.3 is 39.3 Å². The minimum absolute atomic E-state index is 0.0727. The van der Waals surface area contributed by atoms with Gasteiger partial charge in [0.1, 0.15) is 17.5 Å². The Balaban J connectivity index is 1.43. The van der Waals surface area contributed by atoms with Crippen molar-refractivity contribution < 1.29 is 39.2 Å². The summed E-state index contributed by atoms with van der Waals surface area (Å²) in [7, 11) is 0. The zero-order chi connectivity index (χ0) is 39.1. The van der Waals surface area contributed by atoms with E-state index in [4.69, 9.17) is 24.2 Å². The molecule has 2 aliphatic carbocycles. The minimum atomic E-state index is -1.36. The number of oxime groups is 1. The summed E-state index contributed by atoms with van der Waals surface area (Å²) < 4.78 is 20.3. The minimum Gasteiger partial charge on any atom is -0.508 e. The van der Waals surface area contributed by atoms with Crippen molar-refractivity contribution in [3.8, 4) is 11.5 Å². The highest BCUT2D eigenvalue weighted by molar-refractivity contribution is 6.04. The fraction of sp³-hybridized carbons (Fsp3) is 0.522. The quantitative estimate of drug-likeness (QED) is 0.0712. The van der Waals surface area contributed by atoms with E-state index in [1.54, 1.807) is 12.1 Å². The fourth-order valence-corrected chi connectivity index (χ4v) is 9.70. The number of hydrogen-bond donors (Lipinski definition) is 3. The first-order chi connectivity index (χ1) is 27.4. The number of hydrogen-bond acceptors (Lipinski definition) is 9. The topological polar surface area (TPSA) is 130 Å². The van der Waals surface area contributed by atoms with Crippen LogP contribution in [0.1, 0.15) is 99.4 Å². The van der Waals surface area contributed by atoms with E-state index in [1.807, 2.05) is 59.5 Å². The van der Waals surface area contributed by atoms with Crippen LogP contribution in [0.2, 0.25) is 0 Å². The predicted molar refractivity (Wildman–Crippen MR) is 217 cm³/mol. The molecule has 1 amide bonds. The smallest absolute Gasteiger partial charge is 0.254 e. The highest BCUT2D eigenvalue weighted by Crippen LogP contribution is 2.62. The Hall–Kier alpha value is -4.22. The van der Waals surface area contributed by atoms with Crippen molar-refractivity contribution >= 4 is 22.4 Å². The second-order valence-electron chi connectivity index (χ2n) is 15.8. The van der Waals surface area contributed by atoms with Crippen LogP contribution in [-0.2, 0) is 14.3 Å². The molecule has 0 bridgehead atoms. The van der Waals surface area contributed by atoms with Gasteiger partial charge in [0, 0.05) is 49.6 Å². The van der Waals surface area contributed by atoms with Crippen molar-refractivity contribution in [1.29, 1.82) is 0 Å². The summed E-state index contributed by atoms with van der Waals surface area (Å²) in [4.78, 5) is 23.2. The Morgan fingerprint density at radius 3 is 2.57 bits per heavy atom. The van der Waals surface area contributed by atoms with Gasteiger partial charge >= 0.3 is 0 Å². The molecule has 2 heterocycles. The lowest BCUT2D eigenvalue weighted by Gasteiger charge is -2.60. The Morgan fingerprint density at radius 2 is 1.82 bits per heavy atom. The maximum atomic E-state index is 15.1. The maximum Gasteiger partial charge on any atom is 0.254 e. The number of amides is 1. The van der Waals surface area contributed by atoms with Crippen LogP contribution in [0, 0.1) is 17.8 Å². The van der Waals surface area contributed by atoms with Crippen molar-refractivity contribution in [3.63, 3.8) is 0 Å². The monoisotopic (exact) mass is 766 g/mol. The van der Waals surface area contributed by atoms with Gasteiger partial charge in [-0.05, 0) is 103 Å². The second kappa shape index (κ2) is 18.4. The number of benzene rings is 3. The molecule has 3 aromatic carbocycles. The number of unbranched alkanes of at least 4 members (excludes halogenated alkanes) is 2. The number of phenols is 1. The first kappa shape index (κ1) is 40.0. The van der Waals surface area contributed by atoms with Crippen LogP contribution in [0.25, 0.3) is 10.8 Å². The molecule has 2 fully saturated rings. The molecular formula is C46H58N2O8. The van der Waals surface area contributed by atoms with Crippen LogP contribution in [0.5, 0.6) is 11.5 Å². The van der Waals surface area contributed by atoms with Crippen LogP contribution in [0.4, 0.5) is 0 Å². The molecule has 0 spiro atoms. The number of carbonyl (C=O) groups excluding carboxylic acids is 1. The Bertz CT molecular complexity index is 1890. The molecule has 10 nitrogen and oxygen atoms in total. The molecule has 7 atom stereocenters. The van der Waals surface area contributed by atoms with E-state index in [0.717, 1.165) is 72.6 Å². The van der Waals surface area contributed by atoms with E-state index in [0.29, 0.717) is 50.1 Å². The SMILES string of the molecule is C=CCO[C@@]12Oc3ccc(O)cc3[C@H]3[C@H](CCCCO)[C@@H](CCCCO)C=C(C(=NOC4CCCCO4)C[C@@H]1N(CCC)C(=O)c1ccc4ccccc4c1)[C@H]32. The zero-order valence-corrected chi connectivity index (χ0v) is 32.7. The Labute approximate surface area is 330 Å². The predicted octanol–water partition coefficient (Wildman–Crippen LogP) is 8.26. The summed E-state index contributed by atoms with van der Waals surface area (Å²) in [6.45, 7) is 7.57. The summed E-state index contributed by atoms with van der Waals surface area (Å²) in [6, 6.07) is 18.5. The van der Waals surface area contributed by atoms with E-state index >= 15 is 4.79 Å². The van der Waals surface area contributed by atoms with Crippen molar-refractivity contribution in [2.45, 2.75) is 102 Å². The summed E-state index contributed by atoms with van der Waals surface area (Å²) in [6.07, 6.45) is 12.0. The molecule has 3 N–H and O–H groups in total. The van der Waals surface area contributed by atoms with Crippen LogP contribution >= 0.6 is 0 Å². The van der Waals surface area contributed by atoms with Gasteiger partial charge in [-0.2, -0.15) is 0 Å². The number of phenolic OH excluding ortho intramolecular Hbond substituents is 1. The summed E-state index contributed by atoms with van der Waals surface area (Å²) in [5.41, 5.74) is 3.16. The third-order valence-electron chi connectivity index (χ3n) is 12.2. The number of ether oxygens (including phenoxy) is 3. The lowest BCUT2D eigenvalue weighted by Crippen LogP contribution is -2.70. The highest BCUT2D eigenvalue weighted by atomic mass is 16.8. The molecule has 10 heteroatoms. The Morgan fingerprint density at radius 1 is 1.02 bits per heavy atom. The maximum absolute atomic E-state index is 15.1. The van der Waals surface area contributed by atoms with E-state index in [2.05, 4.69) is 19.6 Å². The van der Waals surface area contributed by atoms with Crippen molar-refractivity contribution in [3.05, 3.63) is 96.1 Å². The molecule has 56 heavy (non-hydrogen) atoms. The van der Waals surface area contributed by atoms with Crippen LogP contribution in [0.3, 0.4) is 0 Å². The van der Waals surface area contributed by atoms with E-state index in [1.165, 1.54) is 0 Å². The number of carbonyl (C=O) groups is 1. The standard InChI is InChI=1S/C46H58N2O8/c1-3-22-48(45(52)34-19-18-31-13-5-6-14-32(31)27-34)41-30-39(47-56-42-17-9-12-26-53-42)37-28-33(15-7-10-23-49)36(16-8-11-24-50)43-38-29-35(51)20-21-40(38)55-46(41,44(37)43)54-25-4-2/h4-6,13-14,18-21,27-29,33,36,41-44,49-51H,2-3,7-12,15-17,22-26,30H2,1H3/t33-,36+,41-,42?,43+,44+,46+/m0/s1. The fourth-order valence-electron chi connectivity index (χ4n) is 9.70. The average molecular weight is 767 g/mol. The van der Waals surface area contributed by atoms with Gasteiger partial charge in [0.25, 0.3) is 5.91 Å². The van der Waals surface area contributed by atoms with Crippen LogP contribution in [-0.4, -0.2) is 82.9 Å². The average Bonchev–Trinajstić information content (AvgIpc) is 3.22. The molecular weight excluding hydrogens is 709 g/mol. The van der Waals surface area contributed by atoms with Gasteiger partial charge in [0.2, 0.25) is 12.1 Å². The molecule has 4 aliphatic rings. The summed E-state index contributed by atoms with van der Waals surface area (Å²) in [5, 5.41) is 37.7. The van der Waals surface area contributed by atoms with Crippen LogP contribution in [0.15, 0.2) is 90.1 Å². The van der Waals surface area contributed by atoms with E-state index in [-0.39, 0.29) is 49.2 Å². The number of fused-ring (bicyclic) bond motifs is 3. The lowest BCUT2D eigenvalue weighted by molar-refractivity contribution is -0.254. The first-order valence-electron chi connectivity index (χ1n) is 20.8. The summed E-state index contributed by atoms with van der Waals surface area (Å²) >= 11 is 0. The molecule has 7 rings (SSSR count). The zero-order valence-electron chi connectivity index (χ0n) is 32.7. The first-order valence-corrected chi connectivity index (χ1v) is 20.8. The molecule has 0 radical (unpaired) electrons. The third-order valence-corrected chi connectivity index (χ3v) is 12.2. The van der Waals surface area contributed by atoms with Gasteiger partial charge in [-0.3, -0.25) is 4.79 Å². The van der Waals surface area contributed by atoms with Gasteiger partial charge in [-0.25, -0.2) is 0 Å². The molecule has 3 aromatic rings. The van der Waals surface area contributed by atoms with Crippen molar-refractivity contribution in [2.75, 3.05) is 33.0 Å². The summed E-state index contributed by atoms with van der Waals surface area (Å²) in [5.74, 6) is -1.20. The van der Waals surface area contributed by atoms with Crippen molar-refractivity contribution in [1.82, 2.24) is 4.90 Å².